The predicted octanol–water partition coefficient (Wildman–Crippen LogP) is 2.72. The molecule has 0 spiro atoms. The van der Waals surface area contributed by atoms with Crippen LogP contribution in [0.3, 0.4) is 0 Å². The van der Waals surface area contributed by atoms with Crippen molar-refractivity contribution in [2.45, 2.75) is 13.8 Å². The summed E-state index contributed by atoms with van der Waals surface area (Å²) in [4.78, 5) is 3.88. The number of rotatable bonds is 2. The van der Waals surface area contributed by atoms with Crippen LogP contribution in [0.4, 0.5) is 8.78 Å². The summed E-state index contributed by atoms with van der Waals surface area (Å²) in [6, 6.07) is 3.51. The van der Waals surface area contributed by atoms with Crippen LogP contribution in [0.15, 0.2) is 28.3 Å². The van der Waals surface area contributed by atoms with Crippen molar-refractivity contribution < 1.29 is 13.3 Å². The zero-order chi connectivity index (χ0) is 13.3. The van der Waals surface area contributed by atoms with Gasteiger partial charge in [0.1, 0.15) is 11.6 Å². The van der Waals surface area contributed by atoms with E-state index in [0.717, 1.165) is 17.7 Å². The molecule has 94 valence electrons. The molecule has 2 aromatic rings. The number of aromatic nitrogens is 2. The van der Waals surface area contributed by atoms with Gasteiger partial charge in [0.2, 0.25) is 5.82 Å². The molecule has 18 heavy (non-hydrogen) atoms. The SMILES string of the molecule is CC(C)=C(N)c1nc(-c2c(F)cccc2F)no1. The molecule has 0 aliphatic carbocycles. The van der Waals surface area contributed by atoms with Crippen LogP contribution in [0.25, 0.3) is 17.1 Å². The largest absolute Gasteiger partial charge is 0.394 e. The Morgan fingerprint density at radius 1 is 1.22 bits per heavy atom. The highest BCUT2D eigenvalue weighted by Gasteiger charge is 2.18. The van der Waals surface area contributed by atoms with E-state index in [1.165, 1.54) is 6.07 Å². The minimum atomic E-state index is -0.752. The van der Waals surface area contributed by atoms with Crippen LogP contribution < -0.4 is 5.73 Å². The van der Waals surface area contributed by atoms with E-state index in [1.54, 1.807) is 13.8 Å². The molecule has 0 bridgehead atoms. The maximum absolute atomic E-state index is 13.5. The van der Waals surface area contributed by atoms with Gasteiger partial charge in [-0.3, -0.25) is 0 Å². The minimum Gasteiger partial charge on any atom is -0.394 e. The molecule has 0 amide bonds. The Bertz CT molecular complexity index is 595. The first kappa shape index (κ1) is 12.2. The lowest BCUT2D eigenvalue weighted by Gasteiger charge is -1.98. The Kier molecular flexibility index (Phi) is 3.10. The zero-order valence-electron chi connectivity index (χ0n) is 9.87. The Morgan fingerprint density at radius 2 is 1.83 bits per heavy atom. The second-order valence-corrected chi connectivity index (χ2v) is 3.93. The number of hydrogen-bond donors (Lipinski definition) is 1. The van der Waals surface area contributed by atoms with E-state index >= 15 is 0 Å². The van der Waals surface area contributed by atoms with Crippen LogP contribution in [0, 0.1) is 11.6 Å². The lowest BCUT2D eigenvalue weighted by Crippen LogP contribution is -1.99. The summed E-state index contributed by atoms with van der Waals surface area (Å²) in [5, 5.41) is 3.53. The summed E-state index contributed by atoms with van der Waals surface area (Å²) in [7, 11) is 0. The fourth-order valence-corrected chi connectivity index (χ4v) is 1.36. The van der Waals surface area contributed by atoms with Gasteiger partial charge in [-0.2, -0.15) is 4.98 Å². The molecule has 0 atom stereocenters. The van der Waals surface area contributed by atoms with E-state index in [1.807, 2.05) is 0 Å². The van der Waals surface area contributed by atoms with E-state index in [2.05, 4.69) is 10.1 Å². The minimum absolute atomic E-state index is 0.0488. The van der Waals surface area contributed by atoms with Crippen molar-refractivity contribution in [2.24, 2.45) is 5.73 Å². The molecule has 1 aromatic carbocycles. The van der Waals surface area contributed by atoms with Crippen LogP contribution in [-0.2, 0) is 0 Å². The van der Waals surface area contributed by atoms with Crippen LogP contribution in [-0.4, -0.2) is 10.1 Å². The Balaban J connectivity index is 2.51. The highest BCUT2D eigenvalue weighted by Crippen LogP contribution is 2.24. The van der Waals surface area contributed by atoms with Crippen molar-refractivity contribution in [2.75, 3.05) is 0 Å². The highest BCUT2D eigenvalue weighted by molar-refractivity contribution is 5.62. The van der Waals surface area contributed by atoms with Crippen LogP contribution >= 0.6 is 0 Å². The number of allylic oxidation sites excluding steroid dienone is 1. The molecule has 1 aromatic heterocycles. The normalized spacial score (nSPS) is 10.4. The highest BCUT2D eigenvalue weighted by atomic mass is 19.1. The van der Waals surface area contributed by atoms with Crippen molar-refractivity contribution in [1.29, 1.82) is 0 Å². The molecule has 0 aliphatic heterocycles. The first-order valence-electron chi connectivity index (χ1n) is 5.22. The fraction of sp³-hybridized carbons (Fsp3) is 0.167. The summed E-state index contributed by atoms with van der Waals surface area (Å²) in [5.41, 5.74) is 6.45. The van der Waals surface area contributed by atoms with Crippen molar-refractivity contribution in [3.8, 4) is 11.4 Å². The summed E-state index contributed by atoms with van der Waals surface area (Å²) in [5.74, 6) is -1.62. The quantitative estimate of drug-likeness (QED) is 0.891. The first-order chi connectivity index (χ1) is 8.50. The Labute approximate surface area is 102 Å². The molecular weight excluding hydrogens is 240 g/mol. The van der Waals surface area contributed by atoms with Crippen molar-refractivity contribution in [1.82, 2.24) is 10.1 Å². The van der Waals surface area contributed by atoms with Gasteiger partial charge in [-0.1, -0.05) is 11.2 Å². The van der Waals surface area contributed by atoms with Gasteiger partial charge >= 0.3 is 0 Å². The molecule has 0 radical (unpaired) electrons. The van der Waals surface area contributed by atoms with Gasteiger partial charge in [0.05, 0.1) is 11.3 Å². The van der Waals surface area contributed by atoms with Gasteiger partial charge in [-0.05, 0) is 31.6 Å². The smallest absolute Gasteiger partial charge is 0.274 e. The van der Waals surface area contributed by atoms with E-state index in [4.69, 9.17) is 10.3 Å². The summed E-state index contributed by atoms with van der Waals surface area (Å²) in [6.45, 7) is 3.53. The molecular formula is C12H11F2N3O. The van der Waals surface area contributed by atoms with Crippen LogP contribution in [0.1, 0.15) is 19.7 Å². The van der Waals surface area contributed by atoms with E-state index in [-0.39, 0.29) is 17.3 Å². The second-order valence-electron chi connectivity index (χ2n) is 3.93. The maximum atomic E-state index is 13.5. The molecule has 0 saturated heterocycles. The van der Waals surface area contributed by atoms with Gasteiger partial charge in [0, 0.05) is 0 Å². The fourth-order valence-electron chi connectivity index (χ4n) is 1.36. The molecule has 4 nitrogen and oxygen atoms in total. The number of nitrogens with two attached hydrogens (primary N) is 1. The molecule has 1 heterocycles. The number of benzene rings is 1. The lowest BCUT2D eigenvalue weighted by atomic mass is 10.2. The molecule has 0 fully saturated rings. The van der Waals surface area contributed by atoms with Gasteiger partial charge < -0.3 is 10.3 Å². The molecule has 0 unspecified atom stereocenters. The molecule has 6 heteroatoms. The van der Waals surface area contributed by atoms with Crippen molar-refractivity contribution in [3.63, 3.8) is 0 Å². The third-order valence-corrected chi connectivity index (χ3v) is 2.38. The zero-order valence-corrected chi connectivity index (χ0v) is 9.87. The van der Waals surface area contributed by atoms with E-state index < -0.39 is 11.6 Å². The van der Waals surface area contributed by atoms with E-state index in [0.29, 0.717) is 5.70 Å². The van der Waals surface area contributed by atoms with Gasteiger partial charge in [-0.25, -0.2) is 8.78 Å². The van der Waals surface area contributed by atoms with Crippen LogP contribution in [0.2, 0.25) is 0 Å². The second kappa shape index (κ2) is 4.56. The van der Waals surface area contributed by atoms with Gasteiger partial charge in [0.25, 0.3) is 5.89 Å². The Morgan fingerprint density at radius 3 is 2.39 bits per heavy atom. The lowest BCUT2D eigenvalue weighted by molar-refractivity contribution is 0.406. The first-order valence-corrected chi connectivity index (χ1v) is 5.22. The van der Waals surface area contributed by atoms with Crippen molar-refractivity contribution >= 4 is 5.70 Å². The standard InChI is InChI=1S/C12H11F2N3O/c1-6(2)10(15)12-16-11(17-18-12)9-7(13)4-3-5-8(9)14/h3-5H,15H2,1-2H3. The molecule has 2 N–H and O–H groups in total. The average molecular weight is 251 g/mol. The van der Waals surface area contributed by atoms with E-state index in [9.17, 15) is 8.78 Å². The van der Waals surface area contributed by atoms with Gasteiger partial charge in [0.15, 0.2) is 0 Å². The molecule has 2 rings (SSSR count). The topological polar surface area (TPSA) is 64.9 Å². The van der Waals surface area contributed by atoms with Gasteiger partial charge in [-0.15, -0.1) is 0 Å². The monoisotopic (exact) mass is 251 g/mol. The molecule has 0 saturated carbocycles. The third kappa shape index (κ3) is 2.09. The summed E-state index contributed by atoms with van der Waals surface area (Å²) >= 11 is 0. The molecule has 0 aliphatic rings. The van der Waals surface area contributed by atoms with Crippen LogP contribution in [0.5, 0.6) is 0 Å². The van der Waals surface area contributed by atoms with Crippen molar-refractivity contribution in [3.05, 3.63) is 41.3 Å². The summed E-state index contributed by atoms with van der Waals surface area (Å²) < 4.78 is 31.9. The number of nitrogens with zero attached hydrogens (tertiary/aromatic N) is 2. The maximum Gasteiger partial charge on any atom is 0.274 e. The third-order valence-electron chi connectivity index (χ3n) is 2.38. The Hall–Kier alpha value is -2.24. The average Bonchev–Trinajstić information content (AvgIpc) is 2.77. The number of hydrogen-bond acceptors (Lipinski definition) is 4. The number of halogens is 2. The summed E-state index contributed by atoms with van der Waals surface area (Å²) in [6.07, 6.45) is 0. The predicted molar refractivity (Wildman–Crippen MR) is 62.1 cm³/mol.